The van der Waals surface area contributed by atoms with Crippen LogP contribution in [-0.2, 0) is 9.53 Å². The number of anilines is 1. The molecule has 0 radical (unpaired) electrons. The maximum absolute atomic E-state index is 13.1. The normalized spacial score (nSPS) is 18.2. The largest absolute Gasteiger partial charge is 0.400 e. The summed E-state index contributed by atoms with van der Waals surface area (Å²) in [7, 11) is 3.62. The van der Waals surface area contributed by atoms with Gasteiger partial charge in [0.25, 0.3) is 11.7 Å². The van der Waals surface area contributed by atoms with Gasteiger partial charge in [0.1, 0.15) is 0 Å². The number of likely N-dealkylation sites (N-methyl/N-ethyl adjacent to an activating group) is 1. The van der Waals surface area contributed by atoms with Gasteiger partial charge in [-0.25, -0.2) is 9.79 Å². The lowest BCUT2D eigenvalue weighted by molar-refractivity contribution is -0.345. The second-order valence-corrected chi connectivity index (χ2v) is 8.93. The Hall–Kier alpha value is -3.69. The van der Waals surface area contributed by atoms with E-state index >= 15 is 0 Å². The van der Waals surface area contributed by atoms with Gasteiger partial charge in [-0.2, -0.15) is 0 Å². The summed E-state index contributed by atoms with van der Waals surface area (Å²) in [5.41, 5.74) is 15.8. The Labute approximate surface area is 205 Å². The third-order valence-corrected chi connectivity index (χ3v) is 6.54. The van der Waals surface area contributed by atoms with Crippen LogP contribution in [0.4, 0.5) is 5.69 Å². The van der Waals surface area contributed by atoms with Gasteiger partial charge in [-0.15, -0.1) is 0 Å². The van der Waals surface area contributed by atoms with Gasteiger partial charge in [0, 0.05) is 44.7 Å². The number of nitrogens with zero attached hydrogens (tertiary/aromatic N) is 3. The van der Waals surface area contributed by atoms with Crippen LogP contribution in [-0.4, -0.2) is 80.9 Å². The van der Waals surface area contributed by atoms with Crippen LogP contribution in [0.3, 0.4) is 0 Å². The molecule has 0 aromatic heterocycles. The van der Waals surface area contributed by atoms with E-state index in [2.05, 4.69) is 21.8 Å². The fourth-order valence-electron chi connectivity index (χ4n) is 4.39. The van der Waals surface area contributed by atoms with E-state index in [1.807, 2.05) is 42.5 Å². The molecule has 2 aliphatic rings. The maximum Gasteiger partial charge on any atom is 0.338 e. The number of carbonyl (C=O) groups is 2. The lowest BCUT2D eigenvalue weighted by atomic mass is 10.1. The molecule has 9 heteroatoms. The molecular formula is C26H33N6O3+. The number of carbonyl (C=O) groups excluding carboxylic acids is 2. The SMILES string of the molecule is COC(C(=O)N1CC(N)=C(C(N)=[NH+]C(=O)c2ccc(N3CCN(C)CC3)cc2)C1)c1ccccc1. The van der Waals surface area contributed by atoms with Crippen LogP contribution in [0.25, 0.3) is 0 Å². The third-order valence-electron chi connectivity index (χ3n) is 6.54. The average Bonchev–Trinajstić information content (AvgIpc) is 3.27. The first-order valence-electron chi connectivity index (χ1n) is 11.7. The van der Waals surface area contributed by atoms with E-state index in [1.54, 1.807) is 17.0 Å². The molecule has 1 saturated heterocycles. The number of methoxy groups -OCH3 is 1. The summed E-state index contributed by atoms with van der Waals surface area (Å²) in [6.45, 7) is 4.36. The molecule has 2 heterocycles. The molecule has 0 spiro atoms. The van der Waals surface area contributed by atoms with Gasteiger partial charge in [0.2, 0.25) is 0 Å². The molecule has 0 aliphatic carbocycles. The summed E-state index contributed by atoms with van der Waals surface area (Å²) in [6.07, 6.45) is -0.738. The fourth-order valence-corrected chi connectivity index (χ4v) is 4.39. The quantitative estimate of drug-likeness (QED) is 0.378. The zero-order chi connectivity index (χ0) is 24.9. The second-order valence-electron chi connectivity index (χ2n) is 8.93. The molecule has 5 N–H and O–H groups in total. The molecule has 9 nitrogen and oxygen atoms in total. The molecule has 2 aromatic carbocycles. The lowest BCUT2D eigenvalue weighted by Gasteiger charge is -2.34. The van der Waals surface area contributed by atoms with Crippen LogP contribution in [0, 0.1) is 0 Å². The Morgan fingerprint density at radius 3 is 2.26 bits per heavy atom. The Balaban J connectivity index is 1.41. The molecule has 2 aliphatic heterocycles. The van der Waals surface area contributed by atoms with Crippen LogP contribution < -0.4 is 21.4 Å². The number of amides is 2. The predicted octanol–water partition coefficient (Wildman–Crippen LogP) is -0.541. The standard InChI is InChI=1S/C26H32N6O3/c1-30-12-14-31(15-13-30)20-10-8-19(9-11-20)25(33)29-24(28)21-16-32(17-22(21)27)26(34)23(35-2)18-6-4-3-5-7-18/h3-11,23H,12-17,27H2,1-2H3,(H2,28,29,33)/p+1. The summed E-state index contributed by atoms with van der Waals surface area (Å²) in [4.78, 5) is 34.8. The Kier molecular flexibility index (Phi) is 7.48. The zero-order valence-corrected chi connectivity index (χ0v) is 20.2. The minimum absolute atomic E-state index is 0.152. The molecule has 2 aromatic rings. The Morgan fingerprint density at radius 2 is 1.63 bits per heavy atom. The Morgan fingerprint density at radius 1 is 0.971 bits per heavy atom. The molecule has 1 atom stereocenters. The van der Waals surface area contributed by atoms with E-state index in [-0.39, 0.29) is 30.7 Å². The summed E-state index contributed by atoms with van der Waals surface area (Å²) in [6, 6.07) is 16.8. The van der Waals surface area contributed by atoms with Gasteiger partial charge < -0.3 is 25.2 Å². The lowest BCUT2D eigenvalue weighted by Crippen LogP contribution is -2.80. The van der Waals surface area contributed by atoms with Crippen molar-refractivity contribution in [3.8, 4) is 0 Å². The van der Waals surface area contributed by atoms with E-state index in [0.29, 0.717) is 16.8 Å². The molecule has 35 heavy (non-hydrogen) atoms. The highest BCUT2D eigenvalue weighted by molar-refractivity contribution is 6.00. The van der Waals surface area contributed by atoms with Gasteiger partial charge >= 0.3 is 5.91 Å². The van der Waals surface area contributed by atoms with Crippen LogP contribution in [0.1, 0.15) is 22.0 Å². The summed E-state index contributed by atoms with van der Waals surface area (Å²) in [5, 5.41) is 0. The van der Waals surface area contributed by atoms with Gasteiger partial charge in [0.05, 0.1) is 24.2 Å². The van der Waals surface area contributed by atoms with E-state index < -0.39 is 6.10 Å². The van der Waals surface area contributed by atoms with Crippen LogP contribution in [0.5, 0.6) is 0 Å². The van der Waals surface area contributed by atoms with Crippen molar-refractivity contribution in [3.05, 3.63) is 77.0 Å². The summed E-state index contributed by atoms with van der Waals surface area (Å²) in [5.74, 6) is -0.383. The van der Waals surface area contributed by atoms with Crippen LogP contribution in [0.2, 0.25) is 0 Å². The minimum atomic E-state index is -0.738. The van der Waals surface area contributed by atoms with Crippen molar-refractivity contribution in [2.75, 3.05) is 58.3 Å². The third kappa shape index (κ3) is 5.52. The average molecular weight is 478 g/mol. The number of hydrogen-bond donors (Lipinski definition) is 3. The summed E-state index contributed by atoms with van der Waals surface area (Å²) < 4.78 is 5.46. The van der Waals surface area contributed by atoms with Crippen molar-refractivity contribution in [1.29, 1.82) is 0 Å². The number of benzene rings is 2. The molecule has 4 rings (SSSR count). The van der Waals surface area contributed by atoms with Gasteiger partial charge in [0.15, 0.2) is 6.10 Å². The number of ether oxygens (including phenoxy) is 1. The molecule has 1 fully saturated rings. The second kappa shape index (κ2) is 10.7. The number of piperazine rings is 1. The predicted molar refractivity (Wildman–Crippen MR) is 135 cm³/mol. The van der Waals surface area contributed by atoms with Gasteiger partial charge in [-0.05, 0) is 36.9 Å². The first-order chi connectivity index (χ1) is 16.9. The molecule has 0 saturated carbocycles. The maximum atomic E-state index is 13.1. The van der Waals surface area contributed by atoms with Gasteiger partial charge in [-0.3, -0.25) is 10.5 Å². The minimum Gasteiger partial charge on any atom is -0.400 e. The smallest absolute Gasteiger partial charge is 0.338 e. The van der Waals surface area contributed by atoms with Crippen molar-refractivity contribution in [1.82, 2.24) is 9.80 Å². The van der Waals surface area contributed by atoms with Crippen molar-refractivity contribution >= 4 is 23.3 Å². The van der Waals surface area contributed by atoms with Crippen molar-refractivity contribution in [3.63, 3.8) is 0 Å². The molecule has 0 bridgehead atoms. The molecule has 184 valence electrons. The van der Waals surface area contributed by atoms with E-state index in [1.165, 1.54) is 7.11 Å². The monoisotopic (exact) mass is 477 g/mol. The van der Waals surface area contributed by atoms with E-state index in [9.17, 15) is 9.59 Å². The number of nitrogens with one attached hydrogen (secondary N) is 1. The van der Waals surface area contributed by atoms with Crippen molar-refractivity contribution in [2.24, 2.45) is 11.5 Å². The van der Waals surface area contributed by atoms with Gasteiger partial charge in [-0.1, -0.05) is 30.3 Å². The highest BCUT2D eigenvalue weighted by Crippen LogP contribution is 2.23. The zero-order valence-electron chi connectivity index (χ0n) is 20.2. The number of amidine groups is 1. The van der Waals surface area contributed by atoms with E-state index in [0.717, 1.165) is 37.4 Å². The molecule has 2 amide bonds. The van der Waals surface area contributed by atoms with E-state index in [4.69, 9.17) is 16.2 Å². The van der Waals surface area contributed by atoms with Crippen LogP contribution in [0.15, 0.2) is 65.9 Å². The molecular weight excluding hydrogens is 444 g/mol. The number of nitrogens with two attached hydrogens (primary N) is 2. The van der Waals surface area contributed by atoms with Crippen LogP contribution >= 0.6 is 0 Å². The highest BCUT2D eigenvalue weighted by Gasteiger charge is 2.33. The number of hydrogen-bond acceptors (Lipinski definition) is 6. The fraction of sp³-hybridized carbons (Fsp3) is 0.346. The topological polar surface area (TPSA) is 119 Å². The van der Waals surface area contributed by atoms with Crippen molar-refractivity contribution < 1.29 is 19.3 Å². The Bertz CT molecular complexity index is 1120. The van der Waals surface area contributed by atoms with Crippen molar-refractivity contribution in [2.45, 2.75) is 6.10 Å². The summed E-state index contributed by atoms with van der Waals surface area (Å²) >= 11 is 0. The highest BCUT2D eigenvalue weighted by atomic mass is 16.5. The molecule has 1 unspecified atom stereocenters. The first kappa shape index (κ1) is 24.4. The number of rotatable bonds is 6. The first-order valence-corrected chi connectivity index (χ1v) is 11.7.